The van der Waals surface area contributed by atoms with E-state index in [4.69, 9.17) is 18.9 Å². The molecule has 1 aliphatic rings. The SMILES string of the molecule is CNCc1cc2c(cc1OCCCOC)OCO2. The molecule has 0 amide bonds. The van der Waals surface area contributed by atoms with Gasteiger partial charge in [0.05, 0.1) is 6.61 Å². The molecule has 5 nitrogen and oxygen atoms in total. The second-order valence-corrected chi connectivity index (χ2v) is 4.04. The van der Waals surface area contributed by atoms with Crippen LogP contribution in [0, 0.1) is 0 Å². The molecule has 1 aromatic rings. The van der Waals surface area contributed by atoms with E-state index in [1.165, 1.54) is 0 Å². The van der Waals surface area contributed by atoms with E-state index in [0.717, 1.165) is 35.8 Å². The molecule has 0 unspecified atom stereocenters. The molecule has 18 heavy (non-hydrogen) atoms. The van der Waals surface area contributed by atoms with Crippen LogP contribution in [0.2, 0.25) is 0 Å². The number of fused-ring (bicyclic) bond motifs is 1. The van der Waals surface area contributed by atoms with Crippen LogP contribution in [0.5, 0.6) is 17.2 Å². The van der Waals surface area contributed by atoms with Gasteiger partial charge in [-0.1, -0.05) is 0 Å². The molecule has 100 valence electrons. The molecule has 1 heterocycles. The number of ether oxygens (including phenoxy) is 4. The Bertz CT molecular complexity index is 395. The van der Waals surface area contributed by atoms with Crippen molar-refractivity contribution in [1.29, 1.82) is 0 Å². The van der Waals surface area contributed by atoms with Gasteiger partial charge in [0.2, 0.25) is 6.79 Å². The number of rotatable bonds is 7. The zero-order valence-corrected chi connectivity index (χ0v) is 10.8. The first-order valence-electron chi connectivity index (χ1n) is 6.04. The second kappa shape index (κ2) is 6.47. The Morgan fingerprint density at radius 2 is 2.00 bits per heavy atom. The summed E-state index contributed by atoms with van der Waals surface area (Å²) in [6.07, 6.45) is 0.865. The number of methoxy groups -OCH3 is 1. The zero-order valence-electron chi connectivity index (χ0n) is 10.8. The summed E-state index contributed by atoms with van der Waals surface area (Å²) in [4.78, 5) is 0. The highest BCUT2D eigenvalue weighted by atomic mass is 16.7. The van der Waals surface area contributed by atoms with Gasteiger partial charge in [-0.05, 0) is 13.1 Å². The van der Waals surface area contributed by atoms with Crippen LogP contribution in [0.1, 0.15) is 12.0 Å². The van der Waals surface area contributed by atoms with Gasteiger partial charge in [0.1, 0.15) is 5.75 Å². The molecule has 0 aliphatic carbocycles. The summed E-state index contributed by atoms with van der Waals surface area (Å²) in [5.41, 5.74) is 1.07. The summed E-state index contributed by atoms with van der Waals surface area (Å²) in [6, 6.07) is 3.85. The van der Waals surface area contributed by atoms with Crippen LogP contribution >= 0.6 is 0 Å². The fourth-order valence-electron chi connectivity index (χ4n) is 1.81. The lowest BCUT2D eigenvalue weighted by Gasteiger charge is -2.12. The fraction of sp³-hybridized carbons (Fsp3) is 0.538. The van der Waals surface area contributed by atoms with Crippen molar-refractivity contribution in [2.45, 2.75) is 13.0 Å². The van der Waals surface area contributed by atoms with Gasteiger partial charge in [0.15, 0.2) is 11.5 Å². The third kappa shape index (κ3) is 3.05. The quantitative estimate of drug-likeness (QED) is 0.747. The Morgan fingerprint density at radius 3 is 2.72 bits per heavy atom. The first-order valence-corrected chi connectivity index (χ1v) is 6.04. The van der Waals surface area contributed by atoms with E-state index in [-0.39, 0.29) is 6.79 Å². The maximum atomic E-state index is 5.76. The van der Waals surface area contributed by atoms with Crippen molar-refractivity contribution in [2.75, 3.05) is 34.2 Å². The predicted octanol–water partition coefficient (Wildman–Crippen LogP) is 1.55. The van der Waals surface area contributed by atoms with Crippen LogP contribution in [-0.4, -0.2) is 34.2 Å². The van der Waals surface area contributed by atoms with Crippen LogP contribution in [0.3, 0.4) is 0 Å². The number of hydrogen-bond acceptors (Lipinski definition) is 5. The lowest BCUT2D eigenvalue weighted by atomic mass is 10.1. The lowest BCUT2D eigenvalue weighted by molar-refractivity contribution is 0.170. The Morgan fingerprint density at radius 1 is 1.22 bits per heavy atom. The van der Waals surface area contributed by atoms with Gasteiger partial charge in [0, 0.05) is 38.3 Å². The molecule has 0 atom stereocenters. The first-order chi connectivity index (χ1) is 8.85. The topological polar surface area (TPSA) is 49.0 Å². The van der Waals surface area contributed by atoms with Crippen molar-refractivity contribution in [3.8, 4) is 17.2 Å². The maximum Gasteiger partial charge on any atom is 0.231 e. The van der Waals surface area contributed by atoms with Crippen LogP contribution in [0.4, 0.5) is 0 Å². The number of benzene rings is 1. The van der Waals surface area contributed by atoms with Crippen molar-refractivity contribution in [2.24, 2.45) is 0 Å². The highest BCUT2D eigenvalue weighted by molar-refractivity contribution is 5.51. The summed E-state index contributed by atoms with van der Waals surface area (Å²) in [5.74, 6) is 2.37. The molecule has 0 saturated carbocycles. The standard InChI is InChI=1S/C13H19NO4/c1-14-8-10-6-12-13(18-9-17-12)7-11(10)16-5-3-4-15-2/h6-7,14H,3-5,8-9H2,1-2H3. The fourth-order valence-corrected chi connectivity index (χ4v) is 1.81. The van der Waals surface area contributed by atoms with Crippen molar-refractivity contribution in [3.63, 3.8) is 0 Å². The van der Waals surface area contributed by atoms with E-state index in [1.54, 1.807) is 7.11 Å². The number of hydrogen-bond donors (Lipinski definition) is 1. The number of nitrogens with one attached hydrogen (secondary N) is 1. The molecular formula is C13H19NO4. The van der Waals surface area contributed by atoms with E-state index < -0.39 is 0 Å². The average molecular weight is 253 g/mol. The third-order valence-corrected chi connectivity index (χ3v) is 2.67. The van der Waals surface area contributed by atoms with Crippen LogP contribution in [0.25, 0.3) is 0 Å². The first kappa shape index (κ1) is 13.0. The Hall–Kier alpha value is -1.46. The molecule has 1 aliphatic heterocycles. The third-order valence-electron chi connectivity index (χ3n) is 2.67. The van der Waals surface area contributed by atoms with Crippen molar-refractivity contribution >= 4 is 0 Å². The van der Waals surface area contributed by atoms with E-state index in [9.17, 15) is 0 Å². The molecule has 0 aromatic heterocycles. The van der Waals surface area contributed by atoms with Gasteiger partial charge in [0.25, 0.3) is 0 Å². The van der Waals surface area contributed by atoms with Crippen molar-refractivity contribution < 1.29 is 18.9 Å². The Labute approximate surface area is 107 Å². The van der Waals surface area contributed by atoms with Crippen molar-refractivity contribution in [1.82, 2.24) is 5.32 Å². The maximum absolute atomic E-state index is 5.76. The van der Waals surface area contributed by atoms with E-state index >= 15 is 0 Å². The molecule has 1 aromatic carbocycles. The average Bonchev–Trinajstić information content (AvgIpc) is 2.82. The van der Waals surface area contributed by atoms with E-state index in [0.29, 0.717) is 13.2 Å². The molecule has 0 fully saturated rings. The second-order valence-electron chi connectivity index (χ2n) is 4.04. The van der Waals surface area contributed by atoms with Gasteiger partial charge < -0.3 is 24.3 Å². The van der Waals surface area contributed by atoms with Crippen LogP contribution < -0.4 is 19.5 Å². The minimum absolute atomic E-state index is 0.279. The van der Waals surface area contributed by atoms with Crippen molar-refractivity contribution in [3.05, 3.63) is 17.7 Å². The molecule has 0 radical (unpaired) electrons. The molecule has 2 rings (SSSR count). The summed E-state index contributed by atoms with van der Waals surface area (Å²) in [7, 11) is 3.59. The normalized spacial score (nSPS) is 12.8. The largest absolute Gasteiger partial charge is 0.493 e. The molecule has 5 heteroatoms. The summed E-state index contributed by atoms with van der Waals surface area (Å²) in [5, 5.41) is 3.12. The highest BCUT2D eigenvalue weighted by Crippen LogP contribution is 2.38. The van der Waals surface area contributed by atoms with Gasteiger partial charge >= 0.3 is 0 Å². The van der Waals surface area contributed by atoms with Gasteiger partial charge in [-0.2, -0.15) is 0 Å². The van der Waals surface area contributed by atoms with Crippen LogP contribution in [0.15, 0.2) is 12.1 Å². The van der Waals surface area contributed by atoms with Gasteiger partial charge in [-0.25, -0.2) is 0 Å². The Kier molecular flexibility index (Phi) is 4.66. The minimum Gasteiger partial charge on any atom is -0.493 e. The van der Waals surface area contributed by atoms with Crippen LogP contribution in [-0.2, 0) is 11.3 Å². The van der Waals surface area contributed by atoms with E-state index in [1.807, 2.05) is 19.2 Å². The molecular weight excluding hydrogens is 234 g/mol. The monoisotopic (exact) mass is 253 g/mol. The summed E-state index contributed by atoms with van der Waals surface area (Å²) < 4.78 is 21.5. The smallest absolute Gasteiger partial charge is 0.231 e. The van der Waals surface area contributed by atoms with Gasteiger partial charge in [-0.15, -0.1) is 0 Å². The van der Waals surface area contributed by atoms with Gasteiger partial charge in [-0.3, -0.25) is 0 Å². The lowest BCUT2D eigenvalue weighted by Crippen LogP contribution is -2.09. The highest BCUT2D eigenvalue weighted by Gasteiger charge is 2.17. The predicted molar refractivity (Wildman–Crippen MR) is 67.3 cm³/mol. The molecule has 0 bridgehead atoms. The molecule has 0 spiro atoms. The molecule has 0 saturated heterocycles. The Balaban J connectivity index is 2.06. The zero-order chi connectivity index (χ0) is 12.8. The summed E-state index contributed by atoms with van der Waals surface area (Å²) in [6.45, 7) is 2.34. The molecule has 1 N–H and O–H groups in total. The summed E-state index contributed by atoms with van der Waals surface area (Å²) >= 11 is 0. The van der Waals surface area contributed by atoms with E-state index in [2.05, 4.69) is 5.32 Å². The minimum atomic E-state index is 0.279.